The second-order valence-corrected chi connectivity index (χ2v) is 4.11. The van der Waals surface area contributed by atoms with Gasteiger partial charge in [0.1, 0.15) is 0 Å². The highest BCUT2D eigenvalue weighted by molar-refractivity contribution is 5.90. The molecule has 0 aromatic heterocycles. The van der Waals surface area contributed by atoms with Gasteiger partial charge in [-0.05, 0) is 31.5 Å². The Balaban J connectivity index is 2.55. The first-order valence-corrected chi connectivity index (χ1v) is 6.67. The van der Waals surface area contributed by atoms with Crippen LogP contribution in [0.3, 0.4) is 0 Å². The number of hydrogen-bond acceptors (Lipinski definition) is 6. The summed E-state index contributed by atoms with van der Waals surface area (Å²) >= 11 is 0. The highest BCUT2D eigenvalue weighted by Gasteiger charge is 2.11. The van der Waals surface area contributed by atoms with Crippen LogP contribution >= 0.6 is 0 Å². The van der Waals surface area contributed by atoms with Crippen LogP contribution in [0, 0.1) is 0 Å². The molecule has 1 aromatic carbocycles. The third kappa shape index (κ3) is 5.33. The lowest BCUT2D eigenvalue weighted by atomic mass is 10.2. The molecule has 0 spiro atoms. The molecule has 1 aromatic rings. The third-order valence-electron chi connectivity index (χ3n) is 2.67. The van der Waals surface area contributed by atoms with Crippen molar-refractivity contribution in [2.75, 3.05) is 27.4 Å². The Kier molecular flexibility index (Phi) is 7.08. The van der Waals surface area contributed by atoms with Crippen LogP contribution in [0.15, 0.2) is 18.2 Å². The molecule has 6 nitrogen and oxygen atoms in total. The largest absolute Gasteiger partial charge is 0.493 e. The zero-order chi connectivity index (χ0) is 15.7. The highest BCUT2D eigenvalue weighted by atomic mass is 16.5. The average Bonchev–Trinajstić information content (AvgIpc) is 2.51. The number of benzene rings is 1. The van der Waals surface area contributed by atoms with Crippen molar-refractivity contribution in [1.82, 2.24) is 0 Å². The van der Waals surface area contributed by atoms with E-state index in [4.69, 9.17) is 14.2 Å². The van der Waals surface area contributed by atoms with Crippen LogP contribution in [0.2, 0.25) is 0 Å². The SMILES string of the molecule is CCOC(=O)CCCOc1ccc(C(=O)OC)cc1OC. The summed E-state index contributed by atoms with van der Waals surface area (Å²) in [6.07, 6.45) is 0.844. The van der Waals surface area contributed by atoms with Gasteiger partial charge < -0.3 is 18.9 Å². The second kappa shape index (κ2) is 8.84. The third-order valence-corrected chi connectivity index (χ3v) is 2.67. The topological polar surface area (TPSA) is 71.1 Å². The van der Waals surface area contributed by atoms with Crippen LogP contribution in [0.5, 0.6) is 11.5 Å². The van der Waals surface area contributed by atoms with E-state index in [1.54, 1.807) is 25.1 Å². The van der Waals surface area contributed by atoms with E-state index < -0.39 is 5.97 Å². The minimum atomic E-state index is -0.442. The van der Waals surface area contributed by atoms with Crippen LogP contribution in [0.4, 0.5) is 0 Å². The summed E-state index contributed by atoms with van der Waals surface area (Å²) in [5.41, 5.74) is 0.383. The molecule has 21 heavy (non-hydrogen) atoms. The van der Waals surface area contributed by atoms with Gasteiger partial charge in [0.25, 0.3) is 0 Å². The Morgan fingerprint density at radius 3 is 2.52 bits per heavy atom. The van der Waals surface area contributed by atoms with Crippen LogP contribution in [-0.4, -0.2) is 39.4 Å². The molecule has 0 aliphatic heterocycles. The molecule has 1 rings (SSSR count). The fourth-order valence-electron chi connectivity index (χ4n) is 1.66. The van der Waals surface area contributed by atoms with E-state index in [1.807, 2.05) is 0 Å². The summed E-state index contributed by atoms with van der Waals surface area (Å²) in [5, 5.41) is 0. The van der Waals surface area contributed by atoms with Crippen molar-refractivity contribution in [2.24, 2.45) is 0 Å². The maximum absolute atomic E-state index is 11.4. The van der Waals surface area contributed by atoms with Crippen molar-refractivity contribution < 1.29 is 28.5 Å². The number of carbonyl (C=O) groups is 2. The van der Waals surface area contributed by atoms with Gasteiger partial charge in [-0.3, -0.25) is 4.79 Å². The summed E-state index contributed by atoms with van der Waals surface area (Å²) in [6.45, 7) is 2.50. The zero-order valence-electron chi connectivity index (χ0n) is 12.5. The lowest BCUT2D eigenvalue weighted by molar-refractivity contribution is -0.143. The smallest absolute Gasteiger partial charge is 0.337 e. The molecule has 0 bridgehead atoms. The van der Waals surface area contributed by atoms with Crippen LogP contribution in [0.25, 0.3) is 0 Å². The second-order valence-electron chi connectivity index (χ2n) is 4.11. The minimum absolute atomic E-state index is 0.242. The van der Waals surface area contributed by atoms with Crippen LogP contribution in [0.1, 0.15) is 30.1 Å². The number of ether oxygens (including phenoxy) is 4. The van der Waals surface area contributed by atoms with Gasteiger partial charge in [-0.25, -0.2) is 4.79 Å². The maximum atomic E-state index is 11.4. The number of methoxy groups -OCH3 is 2. The molecule has 0 unspecified atom stereocenters. The normalized spacial score (nSPS) is 9.86. The molecule has 116 valence electrons. The molecule has 0 saturated heterocycles. The predicted octanol–water partition coefficient (Wildman–Crippen LogP) is 2.20. The Morgan fingerprint density at radius 1 is 1.14 bits per heavy atom. The summed E-state index contributed by atoms with van der Waals surface area (Å²) < 4.78 is 20.2. The number of esters is 2. The van der Waals surface area contributed by atoms with E-state index in [-0.39, 0.29) is 5.97 Å². The molecular weight excluding hydrogens is 276 g/mol. The number of hydrogen-bond donors (Lipinski definition) is 0. The zero-order valence-corrected chi connectivity index (χ0v) is 12.5. The molecule has 0 N–H and O–H groups in total. The van der Waals surface area contributed by atoms with Gasteiger partial charge >= 0.3 is 11.9 Å². The van der Waals surface area contributed by atoms with Crippen molar-refractivity contribution in [3.8, 4) is 11.5 Å². The minimum Gasteiger partial charge on any atom is -0.493 e. The molecule has 0 aliphatic carbocycles. The molecule has 0 amide bonds. The summed E-state index contributed by atoms with van der Waals surface area (Å²) in [5.74, 6) is 0.263. The number of rotatable bonds is 8. The van der Waals surface area contributed by atoms with E-state index in [1.165, 1.54) is 14.2 Å². The van der Waals surface area contributed by atoms with Gasteiger partial charge in [-0.2, -0.15) is 0 Å². The average molecular weight is 296 g/mol. The first-order valence-electron chi connectivity index (χ1n) is 6.67. The van der Waals surface area contributed by atoms with E-state index in [9.17, 15) is 9.59 Å². The molecule has 0 radical (unpaired) electrons. The van der Waals surface area contributed by atoms with E-state index in [0.717, 1.165) is 0 Å². The molecule has 0 saturated carbocycles. The van der Waals surface area contributed by atoms with E-state index >= 15 is 0 Å². The first-order chi connectivity index (χ1) is 10.1. The van der Waals surface area contributed by atoms with Crippen molar-refractivity contribution in [1.29, 1.82) is 0 Å². The van der Waals surface area contributed by atoms with E-state index in [0.29, 0.717) is 43.1 Å². The molecular formula is C15H20O6. The van der Waals surface area contributed by atoms with Crippen molar-refractivity contribution in [3.63, 3.8) is 0 Å². The quantitative estimate of drug-likeness (QED) is 0.541. The Bertz CT molecular complexity index is 483. The lowest BCUT2D eigenvalue weighted by Gasteiger charge is -2.11. The molecule has 0 atom stereocenters. The lowest BCUT2D eigenvalue weighted by Crippen LogP contribution is -2.07. The summed E-state index contributed by atoms with van der Waals surface area (Å²) in [4.78, 5) is 22.6. The van der Waals surface area contributed by atoms with Crippen LogP contribution in [-0.2, 0) is 14.3 Å². The highest BCUT2D eigenvalue weighted by Crippen LogP contribution is 2.28. The van der Waals surface area contributed by atoms with Crippen molar-refractivity contribution >= 4 is 11.9 Å². The van der Waals surface area contributed by atoms with Gasteiger partial charge in [-0.15, -0.1) is 0 Å². The Morgan fingerprint density at radius 2 is 1.90 bits per heavy atom. The fourth-order valence-corrected chi connectivity index (χ4v) is 1.66. The summed E-state index contributed by atoms with van der Waals surface area (Å²) in [7, 11) is 2.80. The maximum Gasteiger partial charge on any atom is 0.337 e. The monoisotopic (exact) mass is 296 g/mol. The fraction of sp³-hybridized carbons (Fsp3) is 0.467. The Hall–Kier alpha value is -2.24. The predicted molar refractivity (Wildman–Crippen MR) is 75.7 cm³/mol. The van der Waals surface area contributed by atoms with Gasteiger partial charge in [0.15, 0.2) is 11.5 Å². The molecule has 0 aliphatic rings. The van der Waals surface area contributed by atoms with E-state index in [2.05, 4.69) is 4.74 Å². The summed E-state index contributed by atoms with van der Waals surface area (Å²) in [6, 6.07) is 4.77. The van der Waals surface area contributed by atoms with Gasteiger partial charge in [0.2, 0.25) is 0 Å². The standard InChI is InChI=1S/C15H20O6/c1-4-20-14(16)6-5-9-21-12-8-7-11(15(17)19-3)10-13(12)18-2/h7-8,10H,4-6,9H2,1-3H3. The van der Waals surface area contributed by atoms with Gasteiger partial charge in [0.05, 0.1) is 33.0 Å². The molecule has 0 fully saturated rings. The Labute approximate surface area is 123 Å². The van der Waals surface area contributed by atoms with Crippen molar-refractivity contribution in [3.05, 3.63) is 23.8 Å². The van der Waals surface area contributed by atoms with Crippen LogP contribution < -0.4 is 9.47 Å². The number of carbonyl (C=O) groups excluding carboxylic acids is 2. The first kappa shape index (κ1) is 16.8. The van der Waals surface area contributed by atoms with Crippen molar-refractivity contribution in [2.45, 2.75) is 19.8 Å². The van der Waals surface area contributed by atoms with Gasteiger partial charge in [-0.1, -0.05) is 0 Å². The molecule has 6 heteroatoms. The molecule has 0 heterocycles. The van der Waals surface area contributed by atoms with Gasteiger partial charge in [0, 0.05) is 6.42 Å².